The molecule has 1 aliphatic carbocycles. The number of piperidine rings is 1. The first kappa shape index (κ1) is 11.0. The van der Waals surface area contributed by atoms with Gasteiger partial charge in [-0.2, -0.15) is 0 Å². The second kappa shape index (κ2) is 3.61. The van der Waals surface area contributed by atoms with E-state index in [2.05, 4.69) is 32.6 Å². The van der Waals surface area contributed by atoms with Crippen molar-refractivity contribution in [1.82, 2.24) is 4.90 Å². The van der Waals surface area contributed by atoms with Gasteiger partial charge in [-0.05, 0) is 38.5 Å². The van der Waals surface area contributed by atoms with E-state index in [1.807, 2.05) is 13.8 Å². The van der Waals surface area contributed by atoms with Gasteiger partial charge >= 0.3 is 0 Å². The Morgan fingerprint density at radius 3 is 1.69 bits per heavy atom. The zero-order valence-corrected chi connectivity index (χ0v) is 10.1. The summed E-state index contributed by atoms with van der Waals surface area (Å²) >= 11 is 0. The largest absolute Gasteiger partial charge is 0.298 e. The lowest BCUT2D eigenvalue weighted by atomic mass is 10.1. The Bertz CT molecular complexity index is 156. The SMILES string of the molecule is CC.CC1[C@H]2CN(C(C)(C)C)C[C@@H]12. The van der Waals surface area contributed by atoms with Crippen molar-refractivity contribution in [3.05, 3.63) is 0 Å². The molecule has 0 amide bonds. The van der Waals surface area contributed by atoms with Crippen molar-refractivity contribution in [2.24, 2.45) is 17.8 Å². The Labute approximate surface area is 83.5 Å². The highest BCUT2D eigenvalue weighted by atomic mass is 15.2. The van der Waals surface area contributed by atoms with E-state index in [0.717, 1.165) is 17.8 Å². The number of rotatable bonds is 0. The number of hydrogen-bond acceptors (Lipinski definition) is 1. The van der Waals surface area contributed by atoms with Crippen molar-refractivity contribution in [1.29, 1.82) is 0 Å². The molecule has 1 saturated heterocycles. The van der Waals surface area contributed by atoms with E-state index in [-0.39, 0.29) is 0 Å². The molecule has 0 radical (unpaired) electrons. The Hall–Kier alpha value is -0.0400. The molecular formula is C12H25N. The van der Waals surface area contributed by atoms with Crippen LogP contribution in [0.4, 0.5) is 0 Å². The Balaban J connectivity index is 0.000000396. The van der Waals surface area contributed by atoms with Gasteiger partial charge in [-0.15, -0.1) is 0 Å². The van der Waals surface area contributed by atoms with Crippen molar-refractivity contribution >= 4 is 0 Å². The summed E-state index contributed by atoms with van der Waals surface area (Å²) in [5.41, 5.74) is 0.410. The van der Waals surface area contributed by atoms with Gasteiger partial charge in [0, 0.05) is 18.6 Å². The van der Waals surface area contributed by atoms with Crippen LogP contribution in [0.15, 0.2) is 0 Å². The second-order valence-corrected chi connectivity index (χ2v) is 5.26. The molecule has 0 aromatic rings. The molecule has 78 valence electrons. The van der Waals surface area contributed by atoms with Gasteiger partial charge in [0.15, 0.2) is 0 Å². The van der Waals surface area contributed by atoms with E-state index in [1.165, 1.54) is 13.1 Å². The van der Waals surface area contributed by atoms with Crippen LogP contribution in [-0.2, 0) is 0 Å². The van der Waals surface area contributed by atoms with Crippen LogP contribution >= 0.6 is 0 Å². The van der Waals surface area contributed by atoms with Gasteiger partial charge in [0.1, 0.15) is 0 Å². The molecule has 1 unspecified atom stereocenters. The summed E-state index contributed by atoms with van der Waals surface area (Å²) in [6.45, 7) is 16.1. The third-order valence-electron chi connectivity index (χ3n) is 3.57. The molecule has 1 nitrogen and oxygen atoms in total. The third-order valence-corrected chi connectivity index (χ3v) is 3.57. The topological polar surface area (TPSA) is 3.24 Å². The molecule has 0 bridgehead atoms. The van der Waals surface area contributed by atoms with Crippen LogP contribution in [0, 0.1) is 17.8 Å². The Morgan fingerprint density at radius 1 is 1.00 bits per heavy atom. The average molecular weight is 183 g/mol. The van der Waals surface area contributed by atoms with E-state index in [1.54, 1.807) is 0 Å². The van der Waals surface area contributed by atoms with Gasteiger partial charge in [0.25, 0.3) is 0 Å². The van der Waals surface area contributed by atoms with Crippen LogP contribution in [0.25, 0.3) is 0 Å². The molecule has 0 N–H and O–H groups in total. The first-order valence-electron chi connectivity index (χ1n) is 5.75. The van der Waals surface area contributed by atoms with Crippen LogP contribution in [-0.4, -0.2) is 23.5 Å². The molecule has 2 rings (SSSR count). The summed E-state index contributed by atoms with van der Waals surface area (Å²) in [7, 11) is 0. The smallest absolute Gasteiger partial charge is 0.0125 e. The summed E-state index contributed by atoms with van der Waals surface area (Å²) in [6.07, 6.45) is 0. The predicted molar refractivity (Wildman–Crippen MR) is 58.8 cm³/mol. The molecule has 13 heavy (non-hydrogen) atoms. The summed E-state index contributed by atoms with van der Waals surface area (Å²) in [4.78, 5) is 2.63. The van der Waals surface area contributed by atoms with Crippen LogP contribution in [0.1, 0.15) is 41.5 Å². The summed E-state index contributed by atoms with van der Waals surface area (Å²) in [6, 6.07) is 0. The minimum absolute atomic E-state index is 0.410. The van der Waals surface area contributed by atoms with Gasteiger partial charge in [0.05, 0.1) is 0 Å². The molecule has 0 aromatic carbocycles. The fourth-order valence-electron chi connectivity index (χ4n) is 2.37. The van der Waals surface area contributed by atoms with Crippen molar-refractivity contribution in [2.75, 3.05) is 13.1 Å². The van der Waals surface area contributed by atoms with E-state index in [9.17, 15) is 0 Å². The molecule has 3 atom stereocenters. The monoisotopic (exact) mass is 183 g/mol. The molecule has 1 saturated carbocycles. The van der Waals surface area contributed by atoms with Crippen LogP contribution in [0.3, 0.4) is 0 Å². The van der Waals surface area contributed by atoms with Gasteiger partial charge in [0.2, 0.25) is 0 Å². The zero-order valence-electron chi connectivity index (χ0n) is 10.1. The maximum Gasteiger partial charge on any atom is 0.0125 e. The van der Waals surface area contributed by atoms with Crippen molar-refractivity contribution in [3.63, 3.8) is 0 Å². The van der Waals surface area contributed by atoms with E-state index >= 15 is 0 Å². The van der Waals surface area contributed by atoms with Crippen LogP contribution < -0.4 is 0 Å². The fraction of sp³-hybridized carbons (Fsp3) is 1.00. The molecule has 0 aromatic heterocycles. The number of nitrogens with zero attached hydrogens (tertiary/aromatic N) is 1. The van der Waals surface area contributed by atoms with Gasteiger partial charge < -0.3 is 0 Å². The first-order chi connectivity index (χ1) is 6.00. The second-order valence-electron chi connectivity index (χ2n) is 5.26. The van der Waals surface area contributed by atoms with Gasteiger partial charge in [-0.25, -0.2) is 0 Å². The Morgan fingerprint density at radius 2 is 1.38 bits per heavy atom. The maximum absolute atomic E-state index is 2.63. The van der Waals surface area contributed by atoms with E-state index in [0.29, 0.717) is 5.54 Å². The Kier molecular flexibility index (Phi) is 3.06. The van der Waals surface area contributed by atoms with Crippen molar-refractivity contribution in [3.8, 4) is 0 Å². The lowest BCUT2D eigenvalue weighted by molar-refractivity contribution is 0.148. The number of fused-ring (bicyclic) bond motifs is 1. The highest BCUT2D eigenvalue weighted by molar-refractivity contribution is 5.05. The summed E-state index contributed by atoms with van der Waals surface area (Å²) in [5.74, 6) is 3.14. The first-order valence-corrected chi connectivity index (χ1v) is 5.75. The van der Waals surface area contributed by atoms with Gasteiger partial charge in [-0.1, -0.05) is 20.8 Å². The van der Waals surface area contributed by atoms with Crippen molar-refractivity contribution in [2.45, 2.75) is 47.1 Å². The van der Waals surface area contributed by atoms with Crippen molar-refractivity contribution < 1.29 is 0 Å². The fourth-order valence-corrected chi connectivity index (χ4v) is 2.37. The molecular weight excluding hydrogens is 158 g/mol. The lowest BCUT2D eigenvalue weighted by Crippen LogP contribution is -2.41. The molecule has 1 aliphatic heterocycles. The number of hydrogen-bond donors (Lipinski definition) is 0. The molecule has 1 heterocycles. The molecule has 1 heteroatoms. The average Bonchev–Trinajstić information content (AvgIpc) is 2.53. The lowest BCUT2D eigenvalue weighted by Gasteiger charge is -2.33. The summed E-state index contributed by atoms with van der Waals surface area (Å²) < 4.78 is 0. The standard InChI is InChI=1S/C10H19N.C2H6/c1-7-8-5-11(6-9(7)8)10(2,3)4;1-2/h7-9H,5-6H2,1-4H3;1-2H3/t7?,8-,9+;. The summed E-state index contributed by atoms with van der Waals surface area (Å²) in [5, 5.41) is 0. The third kappa shape index (κ3) is 2.07. The zero-order chi connectivity index (χ0) is 10.2. The normalized spacial score (nSPS) is 37.8. The number of likely N-dealkylation sites (tertiary alicyclic amines) is 1. The van der Waals surface area contributed by atoms with Crippen LogP contribution in [0.5, 0.6) is 0 Å². The minimum atomic E-state index is 0.410. The minimum Gasteiger partial charge on any atom is -0.298 e. The molecule has 2 fully saturated rings. The van der Waals surface area contributed by atoms with Gasteiger partial charge in [-0.3, -0.25) is 4.90 Å². The van der Waals surface area contributed by atoms with E-state index in [4.69, 9.17) is 0 Å². The highest BCUT2D eigenvalue weighted by Crippen LogP contribution is 2.52. The quantitative estimate of drug-likeness (QED) is 0.558. The van der Waals surface area contributed by atoms with E-state index < -0.39 is 0 Å². The maximum atomic E-state index is 2.63. The van der Waals surface area contributed by atoms with Crippen LogP contribution in [0.2, 0.25) is 0 Å². The molecule has 2 aliphatic rings. The highest BCUT2D eigenvalue weighted by Gasteiger charge is 2.54. The molecule has 0 spiro atoms. The predicted octanol–water partition coefficient (Wildman–Crippen LogP) is 3.01.